The minimum Gasteiger partial charge on any atom is -0.454 e. The van der Waals surface area contributed by atoms with E-state index in [-0.39, 0.29) is 19.4 Å². The van der Waals surface area contributed by atoms with Crippen LogP contribution in [0, 0.1) is 0 Å². The summed E-state index contributed by atoms with van der Waals surface area (Å²) >= 11 is 0. The highest BCUT2D eigenvalue weighted by molar-refractivity contribution is 5.80. The van der Waals surface area contributed by atoms with E-state index in [0.29, 0.717) is 12.8 Å². The summed E-state index contributed by atoms with van der Waals surface area (Å²) in [6.07, 6.45) is 56.7. The number of carbonyl (C=O) groups excluding carboxylic acids is 2. The fourth-order valence-electron chi connectivity index (χ4n) is 7.98. The summed E-state index contributed by atoms with van der Waals surface area (Å²) in [7, 11) is 0. The second-order valence-electron chi connectivity index (χ2n) is 19.0. The van der Waals surface area contributed by atoms with E-state index in [1.54, 1.807) is 6.08 Å². The summed E-state index contributed by atoms with van der Waals surface area (Å²) in [5.41, 5.74) is 0. The molecule has 0 aliphatic carbocycles. The van der Waals surface area contributed by atoms with Crippen molar-refractivity contribution in [1.82, 2.24) is 5.32 Å². The van der Waals surface area contributed by atoms with Gasteiger partial charge in [0.15, 0.2) is 12.4 Å². The number of unbranched alkanes of at least 4 members (excludes halogenated alkanes) is 16. The molecule has 6 N–H and O–H groups in total. The molecular weight excluding hydrogens is 919 g/mol. The van der Waals surface area contributed by atoms with Gasteiger partial charge in [0.25, 0.3) is 0 Å². The number of hydrogen-bond donors (Lipinski definition) is 6. The molecule has 1 saturated heterocycles. The molecule has 1 fully saturated rings. The molecule has 11 heteroatoms. The molecule has 0 spiro atoms. The predicted octanol–water partition coefficient (Wildman–Crippen LogP) is 12.7. The Kier molecular flexibility index (Phi) is 45.0. The maximum Gasteiger partial charge on any atom is 0.306 e. The van der Waals surface area contributed by atoms with E-state index in [1.165, 1.54) is 38.5 Å². The Labute approximate surface area is 442 Å². The van der Waals surface area contributed by atoms with Crippen molar-refractivity contribution in [3.8, 4) is 0 Å². The standard InChI is InChI=1S/C62H101NO10/c1-4-7-10-13-16-19-22-24-25-26-27-28-29-30-32-34-37-40-43-46-49-55(66)61(70)63-53(54(65)48-45-42-39-36-33-21-18-15-12-9-6-3)52-71-62-60(59(69)58(68)56(51-64)72-62)73-57(67)50-47-44-41-38-35-31-23-20-17-14-11-8-5-2/h7-8,10-11,14,16-17,19-20,23-25,27-28,30-32,35,45,48,53-56,58-60,62,64-66,68-69H,4-6,9,12-13,15,18,21-22,26,29,33-34,36-44,46-47,49-52H2,1-3H3,(H,63,70)/b10-7-,11-8+,17-14+,19-16-,23-20-,25-24-,28-27-,32-30-,35-31-,48-45+. The fourth-order valence-corrected chi connectivity index (χ4v) is 7.98. The molecule has 0 aromatic rings. The average molecular weight is 1020 g/mol. The maximum absolute atomic E-state index is 13.4. The molecule has 0 bridgehead atoms. The quantitative estimate of drug-likeness (QED) is 0.0149. The van der Waals surface area contributed by atoms with Crippen LogP contribution in [0.4, 0.5) is 0 Å². The van der Waals surface area contributed by atoms with E-state index in [9.17, 15) is 35.1 Å². The van der Waals surface area contributed by atoms with Crippen LogP contribution in [-0.2, 0) is 23.8 Å². The van der Waals surface area contributed by atoms with Gasteiger partial charge in [0, 0.05) is 6.42 Å². The molecule has 0 aromatic heterocycles. The van der Waals surface area contributed by atoms with Crippen LogP contribution < -0.4 is 5.32 Å². The van der Waals surface area contributed by atoms with Gasteiger partial charge in [0.2, 0.25) is 5.91 Å². The maximum atomic E-state index is 13.4. The summed E-state index contributed by atoms with van der Waals surface area (Å²) in [5.74, 6) is -1.27. The van der Waals surface area contributed by atoms with E-state index in [0.717, 1.165) is 109 Å². The summed E-state index contributed by atoms with van der Waals surface area (Å²) < 4.78 is 17.5. The summed E-state index contributed by atoms with van der Waals surface area (Å²) in [6.45, 7) is 5.45. The first-order chi connectivity index (χ1) is 35.7. The number of nitrogens with one attached hydrogen (secondary N) is 1. The molecule has 0 aromatic carbocycles. The zero-order valence-corrected chi connectivity index (χ0v) is 45.4. The van der Waals surface area contributed by atoms with Crippen LogP contribution in [0.15, 0.2) is 122 Å². The number of carbonyl (C=O) groups is 2. The molecule has 8 atom stereocenters. The minimum atomic E-state index is -1.64. The third-order valence-corrected chi connectivity index (χ3v) is 12.5. The lowest BCUT2D eigenvalue weighted by molar-refractivity contribution is -0.305. The Morgan fingerprint density at radius 3 is 1.64 bits per heavy atom. The van der Waals surface area contributed by atoms with Crippen molar-refractivity contribution in [3.63, 3.8) is 0 Å². The Bertz CT molecular complexity index is 1640. The van der Waals surface area contributed by atoms with Crippen molar-refractivity contribution in [2.45, 2.75) is 243 Å². The summed E-state index contributed by atoms with van der Waals surface area (Å²) in [4.78, 5) is 26.4. The molecule has 0 radical (unpaired) electrons. The zero-order valence-electron chi connectivity index (χ0n) is 45.4. The molecule has 1 heterocycles. The van der Waals surface area contributed by atoms with E-state index in [1.807, 2.05) is 42.5 Å². The summed E-state index contributed by atoms with van der Waals surface area (Å²) in [5, 5.41) is 56.7. The van der Waals surface area contributed by atoms with Gasteiger partial charge >= 0.3 is 5.97 Å². The molecule has 11 nitrogen and oxygen atoms in total. The van der Waals surface area contributed by atoms with Gasteiger partial charge in [-0.05, 0) is 89.9 Å². The molecule has 73 heavy (non-hydrogen) atoms. The van der Waals surface area contributed by atoms with Crippen LogP contribution in [0.3, 0.4) is 0 Å². The summed E-state index contributed by atoms with van der Waals surface area (Å²) in [6, 6.07) is -1.05. The van der Waals surface area contributed by atoms with Crippen molar-refractivity contribution >= 4 is 11.9 Å². The first kappa shape index (κ1) is 67.1. The Morgan fingerprint density at radius 1 is 0.562 bits per heavy atom. The number of rotatable bonds is 45. The number of esters is 1. The lowest BCUT2D eigenvalue weighted by Gasteiger charge is -2.41. The lowest BCUT2D eigenvalue weighted by atomic mass is 9.99. The van der Waals surface area contributed by atoms with E-state index >= 15 is 0 Å². The van der Waals surface area contributed by atoms with Crippen LogP contribution in [0.2, 0.25) is 0 Å². The highest BCUT2D eigenvalue weighted by Crippen LogP contribution is 2.26. The van der Waals surface area contributed by atoms with Crippen molar-refractivity contribution in [2.24, 2.45) is 0 Å². The molecule has 414 valence electrons. The second kappa shape index (κ2) is 49.0. The van der Waals surface area contributed by atoms with Crippen molar-refractivity contribution in [1.29, 1.82) is 0 Å². The van der Waals surface area contributed by atoms with E-state index in [4.69, 9.17) is 14.2 Å². The second-order valence-corrected chi connectivity index (χ2v) is 19.0. The highest BCUT2D eigenvalue weighted by Gasteiger charge is 2.47. The van der Waals surface area contributed by atoms with Crippen LogP contribution in [0.5, 0.6) is 0 Å². The largest absolute Gasteiger partial charge is 0.454 e. The van der Waals surface area contributed by atoms with Gasteiger partial charge in [-0.1, -0.05) is 219 Å². The third kappa shape index (κ3) is 37.4. The number of allylic oxidation sites excluding steroid dienone is 19. The average Bonchev–Trinajstić information content (AvgIpc) is 3.39. The molecule has 1 aliphatic heterocycles. The first-order valence-electron chi connectivity index (χ1n) is 28.4. The Hall–Kier alpha value is -3.94. The number of aliphatic hydroxyl groups excluding tert-OH is 5. The normalized spacial score (nSPS) is 20.4. The predicted molar refractivity (Wildman–Crippen MR) is 301 cm³/mol. The Morgan fingerprint density at radius 2 is 1.05 bits per heavy atom. The smallest absolute Gasteiger partial charge is 0.306 e. The molecule has 1 amide bonds. The van der Waals surface area contributed by atoms with Gasteiger partial charge in [0.05, 0.1) is 25.4 Å². The van der Waals surface area contributed by atoms with Crippen LogP contribution in [0.1, 0.15) is 194 Å². The lowest BCUT2D eigenvalue weighted by Crippen LogP contribution is -2.61. The van der Waals surface area contributed by atoms with Gasteiger partial charge in [-0.2, -0.15) is 0 Å². The SMILES string of the molecule is CC/C=C\C/C=C\C/C=C\C/C=C\C/C=C\CCCCCCC(O)C(=O)NC(COC1OC(CO)C(O)C(O)C1OC(=O)CCCCC\C=C/C=C\C=C\C=C\CC)C(O)/C=C/CCCCCCCCCCC. The molecule has 8 unspecified atom stereocenters. The Balaban J connectivity index is 2.75. The minimum absolute atomic E-state index is 0.0679. The van der Waals surface area contributed by atoms with Gasteiger partial charge in [-0.25, -0.2) is 0 Å². The van der Waals surface area contributed by atoms with E-state index in [2.05, 4.69) is 99.0 Å². The van der Waals surface area contributed by atoms with Crippen LogP contribution >= 0.6 is 0 Å². The topological polar surface area (TPSA) is 175 Å². The van der Waals surface area contributed by atoms with Gasteiger partial charge < -0.3 is 45.1 Å². The third-order valence-electron chi connectivity index (χ3n) is 12.5. The van der Waals surface area contributed by atoms with Crippen LogP contribution in [-0.4, -0.2) is 99.6 Å². The van der Waals surface area contributed by atoms with Crippen molar-refractivity contribution in [3.05, 3.63) is 122 Å². The molecule has 1 rings (SSSR count). The number of amides is 1. The number of ether oxygens (including phenoxy) is 3. The van der Waals surface area contributed by atoms with E-state index < -0.39 is 67.4 Å². The molecule has 0 saturated carbocycles. The molecular formula is C62H101NO10. The van der Waals surface area contributed by atoms with Gasteiger partial charge in [-0.15, -0.1) is 0 Å². The van der Waals surface area contributed by atoms with Crippen molar-refractivity contribution < 1.29 is 49.3 Å². The van der Waals surface area contributed by atoms with Crippen LogP contribution in [0.25, 0.3) is 0 Å². The monoisotopic (exact) mass is 1020 g/mol. The zero-order chi connectivity index (χ0) is 53.3. The highest BCUT2D eigenvalue weighted by atomic mass is 16.7. The fraction of sp³-hybridized carbons (Fsp3) is 0.645. The molecule has 1 aliphatic rings. The van der Waals surface area contributed by atoms with Gasteiger partial charge in [0.1, 0.15) is 24.4 Å². The van der Waals surface area contributed by atoms with Crippen molar-refractivity contribution in [2.75, 3.05) is 13.2 Å². The number of hydrogen-bond acceptors (Lipinski definition) is 10. The first-order valence-corrected chi connectivity index (χ1v) is 28.4. The number of aliphatic hydroxyl groups is 5. The van der Waals surface area contributed by atoms with Gasteiger partial charge in [-0.3, -0.25) is 9.59 Å².